The second-order valence-corrected chi connectivity index (χ2v) is 8.63. The molecule has 2 atom stereocenters. The maximum Gasteiger partial charge on any atom is 0.267 e. The number of rotatable bonds is 0. The summed E-state index contributed by atoms with van der Waals surface area (Å²) >= 11 is 6.12. The zero-order valence-electron chi connectivity index (χ0n) is 13.8. The molecule has 0 bridgehead atoms. The molecule has 6 nitrogen and oxygen atoms in total. The van der Waals surface area contributed by atoms with Crippen LogP contribution in [0.4, 0.5) is 5.69 Å². The van der Waals surface area contributed by atoms with Crippen LogP contribution in [-0.2, 0) is 14.8 Å². The van der Waals surface area contributed by atoms with Crippen molar-refractivity contribution in [2.45, 2.75) is 42.5 Å². The molecule has 0 saturated heterocycles. The van der Waals surface area contributed by atoms with Crippen LogP contribution in [0.2, 0.25) is 5.02 Å². The number of fused-ring (bicyclic) bond motifs is 2. The molecule has 2 aliphatic rings. The lowest BCUT2D eigenvalue weighted by atomic mass is 10.1. The molecule has 1 saturated carbocycles. The number of nitrogens with one attached hydrogen (secondary N) is 2. The molecule has 1 aliphatic carbocycles. The first-order valence-electron chi connectivity index (χ1n) is 8.40. The van der Waals surface area contributed by atoms with Crippen LogP contribution >= 0.6 is 11.6 Å². The third kappa shape index (κ3) is 3.83. The predicted octanol–water partition coefficient (Wildman–Crippen LogP) is 2.40. The minimum atomic E-state index is -4.12. The molecule has 136 valence electrons. The number of nitrogens with two attached hydrogens (primary N) is 1. The summed E-state index contributed by atoms with van der Waals surface area (Å²) < 4.78 is 27.6. The van der Waals surface area contributed by atoms with Gasteiger partial charge in [-0.2, -0.15) is 0 Å². The number of sulfonamides is 1. The third-order valence-electron chi connectivity index (χ3n) is 4.68. The van der Waals surface area contributed by atoms with E-state index >= 15 is 0 Å². The summed E-state index contributed by atoms with van der Waals surface area (Å²) in [7, 11) is -4.12. The van der Waals surface area contributed by atoms with Crippen molar-refractivity contribution in [2.24, 2.45) is 11.7 Å². The molecule has 0 spiro atoms. The van der Waals surface area contributed by atoms with Gasteiger partial charge in [0.1, 0.15) is 10.4 Å². The quantitative estimate of drug-likeness (QED) is 0.597. The molecule has 0 radical (unpaired) electrons. The number of hydrogen-bond acceptors (Lipinski definition) is 5. The smallest absolute Gasteiger partial charge is 0.267 e. The van der Waals surface area contributed by atoms with Gasteiger partial charge in [-0.1, -0.05) is 36.2 Å². The van der Waals surface area contributed by atoms with Crippen LogP contribution in [0.25, 0.3) is 0 Å². The van der Waals surface area contributed by atoms with Crippen LogP contribution in [0.3, 0.4) is 0 Å². The zero-order valence-corrected chi connectivity index (χ0v) is 15.4. The fraction of sp³-hybridized carbons (Fsp3) is 0.471. The van der Waals surface area contributed by atoms with E-state index in [9.17, 15) is 13.2 Å². The topological polar surface area (TPSA) is 101 Å². The number of carbonyl (C=O) groups excluding carboxylic acids is 1. The lowest BCUT2D eigenvalue weighted by Crippen LogP contribution is -2.46. The van der Waals surface area contributed by atoms with E-state index in [1.54, 1.807) is 12.1 Å². The summed E-state index contributed by atoms with van der Waals surface area (Å²) in [6, 6.07) is 4.80. The Hall–Kier alpha value is -1.57. The first-order chi connectivity index (χ1) is 11.8. The number of halogens is 1. The molecular weight excluding hydrogens is 362 g/mol. The summed E-state index contributed by atoms with van der Waals surface area (Å²) in [5.74, 6) is -0.820. The van der Waals surface area contributed by atoms with Gasteiger partial charge in [-0.05, 0) is 37.8 Å². The highest BCUT2D eigenvalue weighted by atomic mass is 35.5. The van der Waals surface area contributed by atoms with Gasteiger partial charge in [0.05, 0.1) is 10.7 Å². The molecule has 0 unspecified atom stereocenters. The van der Waals surface area contributed by atoms with Gasteiger partial charge >= 0.3 is 0 Å². The van der Waals surface area contributed by atoms with E-state index in [-0.39, 0.29) is 15.8 Å². The fourth-order valence-corrected chi connectivity index (χ4v) is 4.81. The highest BCUT2D eigenvalue weighted by molar-refractivity contribution is 7.90. The van der Waals surface area contributed by atoms with Gasteiger partial charge in [0.15, 0.2) is 0 Å². The van der Waals surface area contributed by atoms with Crippen LogP contribution in [-0.4, -0.2) is 26.4 Å². The number of benzene rings is 1. The van der Waals surface area contributed by atoms with Gasteiger partial charge in [0, 0.05) is 12.5 Å². The van der Waals surface area contributed by atoms with Crippen molar-refractivity contribution < 1.29 is 13.2 Å². The summed E-state index contributed by atoms with van der Waals surface area (Å²) in [5, 5.41) is 3.17. The Morgan fingerprint density at radius 1 is 1.24 bits per heavy atom. The summed E-state index contributed by atoms with van der Waals surface area (Å²) in [5.41, 5.74) is 5.30. The van der Waals surface area contributed by atoms with Crippen LogP contribution in [0.15, 0.2) is 35.2 Å². The van der Waals surface area contributed by atoms with Gasteiger partial charge in [-0.25, -0.2) is 13.1 Å². The van der Waals surface area contributed by atoms with Gasteiger partial charge in [0.25, 0.3) is 15.9 Å². The van der Waals surface area contributed by atoms with E-state index in [4.69, 9.17) is 17.3 Å². The van der Waals surface area contributed by atoms with E-state index in [0.29, 0.717) is 18.7 Å². The molecule has 4 N–H and O–H groups in total. The van der Waals surface area contributed by atoms with Crippen molar-refractivity contribution in [3.05, 3.63) is 35.4 Å². The Kier molecular flexibility index (Phi) is 5.09. The van der Waals surface area contributed by atoms with Crippen LogP contribution < -0.4 is 15.8 Å². The van der Waals surface area contributed by atoms with Gasteiger partial charge in [0.2, 0.25) is 0 Å². The Morgan fingerprint density at radius 2 is 2.04 bits per heavy atom. The van der Waals surface area contributed by atoms with Crippen LogP contribution in [0.5, 0.6) is 0 Å². The first kappa shape index (κ1) is 18.2. The second-order valence-electron chi connectivity index (χ2n) is 6.61. The number of anilines is 1. The Bertz CT molecular complexity index is 809. The lowest BCUT2D eigenvalue weighted by molar-refractivity contribution is -0.121. The zero-order chi connectivity index (χ0) is 18.1. The minimum absolute atomic E-state index is 0.0629. The van der Waals surface area contributed by atoms with Crippen molar-refractivity contribution in [3.63, 3.8) is 0 Å². The van der Waals surface area contributed by atoms with E-state index in [1.807, 2.05) is 12.2 Å². The largest absolute Gasteiger partial charge is 0.384 e. The monoisotopic (exact) mass is 383 g/mol. The van der Waals surface area contributed by atoms with Crippen molar-refractivity contribution in [3.8, 4) is 0 Å². The molecule has 1 aliphatic heterocycles. The number of allylic oxidation sites excluding steroid dienone is 1. The molecule has 3 rings (SSSR count). The molecule has 1 fully saturated rings. The fourth-order valence-electron chi connectivity index (χ4n) is 3.04. The summed E-state index contributed by atoms with van der Waals surface area (Å²) in [6.45, 7) is 0.629. The standard InChI is InChI=1S/C17H22ClN3O3S/c18-13-8-6-9-14-15(13)25(23,24)21-16(22)17(19)11-12(17)7-4-2-1-3-5-10-20-14/h4,6-9,12,20H,1-3,5,10-11,19H2,(H,21,22)/b7-4-/t12-,17-/m1/s1. The molecular formula is C17H22ClN3O3S. The number of carbonyl (C=O) groups is 1. The minimum Gasteiger partial charge on any atom is -0.384 e. The van der Waals surface area contributed by atoms with Crippen molar-refractivity contribution >= 4 is 33.2 Å². The average molecular weight is 384 g/mol. The second kappa shape index (κ2) is 6.97. The van der Waals surface area contributed by atoms with Crippen LogP contribution in [0, 0.1) is 5.92 Å². The number of hydrogen-bond donors (Lipinski definition) is 3. The third-order valence-corrected chi connectivity index (χ3v) is 6.53. The summed E-state index contributed by atoms with van der Waals surface area (Å²) in [6.07, 6.45) is 8.29. The highest BCUT2D eigenvalue weighted by Gasteiger charge is 2.56. The highest BCUT2D eigenvalue weighted by Crippen LogP contribution is 2.43. The van der Waals surface area contributed by atoms with E-state index in [0.717, 1.165) is 25.7 Å². The van der Waals surface area contributed by atoms with Crippen molar-refractivity contribution in [1.82, 2.24) is 4.72 Å². The van der Waals surface area contributed by atoms with Gasteiger partial charge in [-0.15, -0.1) is 0 Å². The van der Waals surface area contributed by atoms with Crippen LogP contribution in [0.1, 0.15) is 32.1 Å². The van der Waals surface area contributed by atoms with E-state index in [1.165, 1.54) is 6.07 Å². The Balaban J connectivity index is 1.94. The van der Waals surface area contributed by atoms with Gasteiger partial charge < -0.3 is 11.1 Å². The molecule has 1 aromatic carbocycles. The SMILES string of the molecule is N[C@]12C[C@H]1/C=C\CCCCCNc1cccc(Cl)c1S(=O)(=O)NC2=O. The molecule has 1 heterocycles. The Morgan fingerprint density at radius 3 is 2.84 bits per heavy atom. The molecule has 1 amide bonds. The molecule has 25 heavy (non-hydrogen) atoms. The molecule has 1 aromatic rings. The lowest BCUT2D eigenvalue weighted by Gasteiger charge is -2.16. The normalized spacial score (nSPS) is 30.5. The summed E-state index contributed by atoms with van der Waals surface area (Å²) in [4.78, 5) is 12.3. The van der Waals surface area contributed by atoms with Crippen molar-refractivity contribution in [1.29, 1.82) is 0 Å². The van der Waals surface area contributed by atoms with E-state index < -0.39 is 21.5 Å². The predicted molar refractivity (Wildman–Crippen MR) is 97.9 cm³/mol. The maximum absolute atomic E-state index is 12.7. The Labute approximate surface area is 152 Å². The van der Waals surface area contributed by atoms with E-state index in [2.05, 4.69) is 10.0 Å². The first-order valence-corrected chi connectivity index (χ1v) is 10.3. The number of amides is 1. The van der Waals surface area contributed by atoms with Gasteiger partial charge in [-0.3, -0.25) is 4.79 Å². The van der Waals surface area contributed by atoms with Crippen molar-refractivity contribution in [2.75, 3.05) is 11.9 Å². The average Bonchev–Trinajstić information content (AvgIpc) is 3.20. The maximum atomic E-state index is 12.7. The molecule has 8 heteroatoms. The molecule has 0 aromatic heterocycles.